The zero-order valence-corrected chi connectivity index (χ0v) is 7.16. The first-order valence-corrected chi connectivity index (χ1v) is 3.79. The average molecular weight is 154 g/mol. The molecule has 0 saturated heterocycles. The minimum Gasteiger partial charge on any atom is -0.480 e. The molecule has 0 bridgehead atoms. The molecule has 0 radical (unpaired) electrons. The fourth-order valence-electron chi connectivity index (χ4n) is 0.839. The Labute approximate surface area is 63.7 Å². The van der Waals surface area contributed by atoms with Crippen molar-refractivity contribution in [2.45, 2.75) is 13.3 Å². The standard InChI is InChI=1S/C8H11OP/c1-2-7-4-3-5-8(6-7)9-10/h3-6H,2,10H2,1H3. The fraction of sp³-hybridized carbons (Fsp3) is 0.250. The second-order valence-corrected chi connectivity index (χ2v) is 2.35. The summed E-state index contributed by atoms with van der Waals surface area (Å²) in [5, 5.41) is 0. The van der Waals surface area contributed by atoms with Gasteiger partial charge in [0.25, 0.3) is 0 Å². The van der Waals surface area contributed by atoms with Crippen LogP contribution in [0.1, 0.15) is 12.5 Å². The zero-order valence-electron chi connectivity index (χ0n) is 6.00. The van der Waals surface area contributed by atoms with E-state index in [1.807, 2.05) is 18.2 Å². The van der Waals surface area contributed by atoms with Crippen LogP contribution in [0.25, 0.3) is 0 Å². The minimum absolute atomic E-state index is 0.907. The van der Waals surface area contributed by atoms with Gasteiger partial charge in [0.05, 0.1) is 9.47 Å². The predicted molar refractivity (Wildman–Crippen MR) is 46.2 cm³/mol. The van der Waals surface area contributed by atoms with Crippen molar-refractivity contribution in [1.29, 1.82) is 0 Å². The van der Waals surface area contributed by atoms with Crippen molar-refractivity contribution >= 4 is 9.47 Å². The molecule has 1 aromatic rings. The number of benzene rings is 1. The van der Waals surface area contributed by atoms with Crippen molar-refractivity contribution in [3.63, 3.8) is 0 Å². The van der Waals surface area contributed by atoms with Gasteiger partial charge in [-0.25, -0.2) is 0 Å². The summed E-state index contributed by atoms with van der Waals surface area (Å²) in [4.78, 5) is 0. The Morgan fingerprint density at radius 3 is 2.90 bits per heavy atom. The predicted octanol–water partition coefficient (Wildman–Crippen LogP) is 2.42. The van der Waals surface area contributed by atoms with E-state index in [9.17, 15) is 0 Å². The minimum atomic E-state index is 0.907. The van der Waals surface area contributed by atoms with Gasteiger partial charge in [-0.3, -0.25) is 0 Å². The van der Waals surface area contributed by atoms with Gasteiger partial charge in [-0.05, 0) is 24.1 Å². The largest absolute Gasteiger partial charge is 0.480 e. The van der Waals surface area contributed by atoms with Gasteiger partial charge in [0.2, 0.25) is 0 Å². The first-order valence-electron chi connectivity index (χ1n) is 3.32. The lowest BCUT2D eigenvalue weighted by Gasteiger charge is -1.99. The lowest BCUT2D eigenvalue weighted by molar-refractivity contribution is 0.645. The topological polar surface area (TPSA) is 9.23 Å². The highest BCUT2D eigenvalue weighted by atomic mass is 31.0. The molecule has 0 saturated carbocycles. The number of hydrogen-bond donors (Lipinski definition) is 0. The maximum absolute atomic E-state index is 4.97. The molecular formula is C8H11OP. The summed E-state index contributed by atoms with van der Waals surface area (Å²) in [6, 6.07) is 8.06. The molecule has 0 heterocycles. The molecule has 0 aliphatic carbocycles. The molecule has 0 spiro atoms. The Hall–Kier alpha value is -0.550. The van der Waals surface area contributed by atoms with E-state index in [1.54, 1.807) is 0 Å². The Kier molecular flexibility index (Phi) is 2.70. The molecular weight excluding hydrogens is 143 g/mol. The highest BCUT2D eigenvalue weighted by Crippen LogP contribution is 2.15. The maximum atomic E-state index is 4.97. The lowest BCUT2D eigenvalue weighted by atomic mass is 10.2. The maximum Gasteiger partial charge on any atom is 0.122 e. The molecule has 1 atom stereocenters. The van der Waals surface area contributed by atoms with Crippen molar-refractivity contribution in [2.75, 3.05) is 0 Å². The molecule has 1 aromatic carbocycles. The van der Waals surface area contributed by atoms with Crippen LogP contribution in [-0.4, -0.2) is 0 Å². The van der Waals surface area contributed by atoms with Crippen molar-refractivity contribution < 1.29 is 4.52 Å². The van der Waals surface area contributed by atoms with Gasteiger partial charge < -0.3 is 4.52 Å². The van der Waals surface area contributed by atoms with Crippen LogP contribution in [0.3, 0.4) is 0 Å². The van der Waals surface area contributed by atoms with Crippen molar-refractivity contribution in [3.05, 3.63) is 29.8 Å². The van der Waals surface area contributed by atoms with E-state index in [4.69, 9.17) is 4.52 Å². The van der Waals surface area contributed by atoms with Gasteiger partial charge in [0.15, 0.2) is 0 Å². The van der Waals surface area contributed by atoms with Crippen LogP contribution in [0, 0.1) is 0 Å². The van der Waals surface area contributed by atoms with E-state index >= 15 is 0 Å². The van der Waals surface area contributed by atoms with Gasteiger partial charge in [-0.1, -0.05) is 19.1 Å². The van der Waals surface area contributed by atoms with Crippen LogP contribution in [0.5, 0.6) is 5.75 Å². The molecule has 0 N–H and O–H groups in total. The molecule has 0 aromatic heterocycles. The van der Waals surface area contributed by atoms with E-state index in [2.05, 4.69) is 22.5 Å². The third-order valence-corrected chi connectivity index (χ3v) is 1.71. The molecule has 54 valence electrons. The first-order chi connectivity index (χ1) is 4.86. The summed E-state index contributed by atoms with van der Waals surface area (Å²) in [7, 11) is 2.24. The third kappa shape index (κ3) is 1.71. The van der Waals surface area contributed by atoms with Gasteiger partial charge in [0.1, 0.15) is 5.75 Å². The fourth-order valence-corrected chi connectivity index (χ4v) is 0.985. The van der Waals surface area contributed by atoms with E-state index in [0.29, 0.717) is 0 Å². The summed E-state index contributed by atoms with van der Waals surface area (Å²) in [5.74, 6) is 0.907. The van der Waals surface area contributed by atoms with Crippen LogP contribution >= 0.6 is 9.47 Å². The smallest absolute Gasteiger partial charge is 0.122 e. The average Bonchev–Trinajstić information content (AvgIpc) is 2.05. The summed E-state index contributed by atoms with van der Waals surface area (Å²) in [6.07, 6.45) is 1.06. The molecule has 0 aliphatic rings. The van der Waals surface area contributed by atoms with Crippen LogP contribution in [0.15, 0.2) is 24.3 Å². The zero-order chi connectivity index (χ0) is 7.40. The molecule has 1 nitrogen and oxygen atoms in total. The van der Waals surface area contributed by atoms with Gasteiger partial charge in [-0.15, -0.1) is 0 Å². The van der Waals surface area contributed by atoms with E-state index < -0.39 is 0 Å². The highest BCUT2D eigenvalue weighted by Gasteiger charge is 1.90. The molecule has 2 heteroatoms. The van der Waals surface area contributed by atoms with Gasteiger partial charge >= 0.3 is 0 Å². The number of rotatable bonds is 2. The van der Waals surface area contributed by atoms with Crippen LogP contribution in [-0.2, 0) is 6.42 Å². The number of aryl methyl sites for hydroxylation is 1. The first kappa shape index (κ1) is 7.56. The lowest BCUT2D eigenvalue weighted by Crippen LogP contribution is -1.79. The quantitative estimate of drug-likeness (QED) is 0.594. The van der Waals surface area contributed by atoms with Crippen molar-refractivity contribution in [3.8, 4) is 5.75 Å². The second-order valence-electron chi connectivity index (χ2n) is 2.12. The Morgan fingerprint density at radius 2 is 2.30 bits per heavy atom. The van der Waals surface area contributed by atoms with E-state index in [1.165, 1.54) is 5.56 Å². The molecule has 1 unspecified atom stereocenters. The van der Waals surface area contributed by atoms with Crippen molar-refractivity contribution in [1.82, 2.24) is 0 Å². The van der Waals surface area contributed by atoms with E-state index in [0.717, 1.165) is 12.2 Å². The Morgan fingerprint density at radius 1 is 1.50 bits per heavy atom. The summed E-state index contributed by atoms with van der Waals surface area (Å²) >= 11 is 0. The molecule has 0 fully saturated rings. The van der Waals surface area contributed by atoms with Crippen LogP contribution in [0.2, 0.25) is 0 Å². The molecule has 0 aliphatic heterocycles. The molecule has 1 rings (SSSR count). The van der Waals surface area contributed by atoms with E-state index in [-0.39, 0.29) is 0 Å². The normalized spacial score (nSPS) is 9.40. The second kappa shape index (κ2) is 3.58. The summed E-state index contributed by atoms with van der Waals surface area (Å²) in [6.45, 7) is 2.13. The van der Waals surface area contributed by atoms with Gasteiger partial charge in [-0.2, -0.15) is 0 Å². The van der Waals surface area contributed by atoms with Crippen molar-refractivity contribution in [2.24, 2.45) is 0 Å². The molecule has 10 heavy (non-hydrogen) atoms. The monoisotopic (exact) mass is 154 g/mol. The highest BCUT2D eigenvalue weighted by molar-refractivity contribution is 7.10. The third-order valence-electron chi connectivity index (χ3n) is 1.44. The van der Waals surface area contributed by atoms with Gasteiger partial charge in [0, 0.05) is 0 Å². The SMILES string of the molecule is CCc1cccc(OP)c1. The summed E-state index contributed by atoms with van der Waals surface area (Å²) < 4.78 is 4.97. The molecule has 0 amide bonds. The number of hydrogen-bond acceptors (Lipinski definition) is 1. The van der Waals surface area contributed by atoms with Crippen LogP contribution in [0.4, 0.5) is 0 Å². The van der Waals surface area contributed by atoms with Crippen LogP contribution < -0.4 is 4.52 Å². The Bertz CT molecular complexity index is 191. The Balaban J connectivity index is 2.87. The summed E-state index contributed by atoms with van der Waals surface area (Å²) in [5.41, 5.74) is 1.31.